The number of hydrogen-bond acceptors (Lipinski definition) is 3. The van der Waals surface area contributed by atoms with Gasteiger partial charge in [-0.25, -0.2) is 0 Å². The van der Waals surface area contributed by atoms with E-state index < -0.39 is 0 Å². The summed E-state index contributed by atoms with van der Waals surface area (Å²) in [6.07, 6.45) is 2.11. The standard InChI is InChI=1S/C16H23NO2S/c1-12-3-5-15(6-4-12)20-13(2)16(18)17-11-14-7-9-19-10-8-14/h3-6,13-14H,7-11H2,1-2H3,(H,17,18). The molecule has 2 rings (SSSR count). The second-order valence-electron chi connectivity index (χ2n) is 5.37. The molecule has 20 heavy (non-hydrogen) atoms. The Hall–Kier alpha value is -1.00. The summed E-state index contributed by atoms with van der Waals surface area (Å²) in [6, 6.07) is 8.30. The highest BCUT2D eigenvalue weighted by atomic mass is 32.2. The van der Waals surface area contributed by atoms with E-state index >= 15 is 0 Å². The zero-order valence-corrected chi connectivity index (χ0v) is 13.0. The fourth-order valence-corrected chi connectivity index (χ4v) is 3.11. The SMILES string of the molecule is Cc1ccc(SC(C)C(=O)NCC2CCOCC2)cc1. The first-order chi connectivity index (χ1) is 9.65. The Balaban J connectivity index is 1.75. The molecule has 1 N–H and O–H groups in total. The van der Waals surface area contributed by atoms with Gasteiger partial charge in [-0.2, -0.15) is 0 Å². The Morgan fingerprint density at radius 1 is 1.35 bits per heavy atom. The average molecular weight is 293 g/mol. The van der Waals surface area contributed by atoms with Gasteiger partial charge < -0.3 is 10.1 Å². The van der Waals surface area contributed by atoms with Crippen molar-refractivity contribution in [3.63, 3.8) is 0 Å². The van der Waals surface area contributed by atoms with E-state index in [1.54, 1.807) is 11.8 Å². The summed E-state index contributed by atoms with van der Waals surface area (Å²) < 4.78 is 5.33. The molecule has 1 amide bonds. The lowest BCUT2D eigenvalue weighted by molar-refractivity contribution is -0.120. The predicted molar refractivity (Wildman–Crippen MR) is 83.1 cm³/mol. The van der Waals surface area contributed by atoms with Crippen LogP contribution in [0.4, 0.5) is 0 Å². The molecule has 0 radical (unpaired) electrons. The van der Waals surface area contributed by atoms with Gasteiger partial charge >= 0.3 is 0 Å². The van der Waals surface area contributed by atoms with E-state index in [1.807, 2.05) is 6.92 Å². The summed E-state index contributed by atoms with van der Waals surface area (Å²) >= 11 is 1.61. The summed E-state index contributed by atoms with van der Waals surface area (Å²) in [5.74, 6) is 0.700. The van der Waals surface area contributed by atoms with Crippen LogP contribution >= 0.6 is 11.8 Å². The molecule has 1 aromatic rings. The first-order valence-corrected chi connectivity index (χ1v) is 8.12. The van der Waals surface area contributed by atoms with Crippen LogP contribution in [-0.4, -0.2) is 30.9 Å². The number of amides is 1. The Morgan fingerprint density at radius 2 is 2.00 bits per heavy atom. The quantitative estimate of drug-likeness (QED) is 0.848. The Kier molecular flexibility index (Phi) is 5.92. The minimum absolute atomic E-state index is 0.0578. The molecule has 1 saturated heterocycles. The van der Waals surface area contributed by atoms with E-state index in [0.29, 0.717) is 5.92 Å². The van der Waals surface area contributed by atoms with E-state index in [4.69, 9.17) is 4.74 Å². The number of carbonyl (C=O) groups is 1. The van der Waals surface area contributed by atoms with Crippen LogP contribution in [0.2, 0.25) is 0 Å². The Bertz CT molecular complexity index is 427. The van der Waals surface area contributed by atoms with Crippen LogP contribution < -0.4 is 5.32 Å². The molecule has 1 atom stereocenters. The van der Waals surface area contributed by atoms with Crippen LogP contribution in [0, 0.1) is 12.8 Å². The Morgan fingerprint density at radius 3 is 2.65 bits per heavy atom. The predicted octanol–water partition coefficient (Wildman–Crippen LogP) is 3.02. The highest BCUT2D eigenvalue weighted by Gasteiger charge is 2.18. The third-order valence-corrected chi connectivity index (χ3v) is 4.72. The molecule has 1 aliphatic rings. The van der Waals surface area contributed by atoms with Gasteiger partial charge in [-0.3, -0.25) is 4.79 Å². The van der Waals surface area contributed by atoms with Gasteiger partial charge in [-0.05, 0) is 44.7 Å². The smallest absolute Gasteiger partial charge is 0.233 e. The lowest BCUT2D eigenvalue weighted by Gasteiger charge is -2.23. The van der Waals surface area contributed by atoms with Crippen LogP contribution in [0.3, 0.4) is 0 Å². The largest absolute Gasteiger partial charge is 0.381 e. The number of ether oxygens (including phenoxy) is 1. The number of thioether (sulfide) groups is 1. The molecule has 0 aromatic heterocycles. The van der Waals surface area contributed by atoms with Crippen LogP contribution in [0.25, 0.3) is 0 Å². The summed E-state index contributed by atoms with van der Waals surface area (Å²) in [4.78, 5) is 13.2. The summed E-state index contributed by atoms with van der Waals surface area (Å²) in [6.45, 7) is 6.46. The van der Waals surface area contributed by atoms with E-state index in [-0.39, 0.29) is 11.2 Å². The van der Waals surface area contributed by atoms with Crippen molar-refractivity contribution in [1.82, 2.24) is 5.32 Å². The van der Waals surface area contributed by atoms with Crippen molar-refractivity contribution < 1.29 is 9.53 Å². The van der Waals surface area contributed by atoms with Crippen LogP contribution in [-0.2, 0) is 9.53 Å². The number of nitrogens with one attached hydrogen (secondary N) is 1. The molecule has 4 heteroatoms. The monoisotopic (exact) mass is 293 g/mol. The first kappa shape index (κ1) is 15.4. The molecule has 0 aliphatic carbocycles. The van der Waals surface area contributed by atoms with E-state index in [1.165, 1.54) is 5.56 Å². The third-order valence-electron chi connectivity index (χ3n) is 3.61. The minimum Gasteiger partial charge on any atom is -0.381 e. The van der Waals surface area contributed by atoms with Gasteiger partial charge in [-0.1, -0.05) is 17.7 Å². The zero-order chi connectivity index (χ0) is 14.4. The minimum atomic E-state index is -0.0578. The van der Waals surface area contributed by atoms with Crippen molar-refractivity contribution in [2.24, 2.45) is 5.92 Å². The van der Waals surface area contributed by atoms with Crippen molar-refractivity contribution in [1.29, 1.82) is 0 Å². The molecule has 0 bridgehead atoms. The molecule has 1 unspecified atom stereocenters. The molecule has 1 aliphatic heterocycles. The second kappa shape index (κ2) is 7.70. The van der Waals surface area contributed by atoms with Crippen molar-refractivity contribution in [2.75, 3.05) is 19.8 Å². The van der Waals surface area contributed by atoms with Crippen LogP contribution in [0.15, 0.2) is 29.2 Å². The second-order valence-corrected chi connectivity index (χ2v) is 6.79. The van der Waals surface area contributed by atoms with Gasteiger partial charge in [0, 0.05) is 24.7 Å². The molecule has 3 nitrogen and oxygen atoms in total. The van der Waals surface area contributed by atoms with Gasteiger partial charge in [0.05, 0.1) is 5.25 Å². The third kappa shape index (κ3) is 4.84. The summed E-state index contributed by atoms with van der Waals surface area (Å²) in [5.41, 5.74) is 1.24. The van der Waals surface area contributed by atoms with Crippen molar-refractivity contribution in [2.45, 2.75) is 36.8 Å². The molecular weight excluding hydrogens is 270 g/mol. The number of hydrogen-bond donors (Lipinski definition) is 1. The fourth-order valence-electron chi connectivity index (χ4n) is 2.21. The van der Waals surface area contributed by atoms with Gasteiger partial charge in [0.25, 0.3) is 0 Å². The molecular formula is C16H23NO2S. The highest BCUT2D eigenvalue weighted by molar-refractivity contribution is 8.00. The van der Waals surface area contributed by atoms with Crippen LogP contribution in [0.1, 0.15) is 25.3 Å². The lowest BCUT2D eigenvalue weighted by atomic mass is 10.0. The molecule has 0 spiro atoms. The van der Waals surface area contributed by atoms with Crippen molar-refractivity contribution in [3.05, 3.63) is 29.8 Å². The summed E-state index contributed by atoms with van der Waals surface area (Å²) in [7, 11) is 0. The van der Waals surface area contributed by atoms with Crippen molar-refractivity contribution >= 4 is 17.7 Å². The average Bonchev–Trinajstić information content (AvgIpc) is 2.48. The lowest BCUT2D eigenvalue weighted by Crippen LogP contribution is -2.36. The number of rotatable bonds is 5. The number of aryl methyl sites for hydroxylation is 1. The topological polar surface area (TPSA) is 38.3 Å². The van der Waals surface area contributed by atoms with E-state index in [0.717, 1.165) is 37.5 Å². The Labute approximate surface area is 125 Å². The number of benzene rings is 1. The summed E-state index contributed by atoms with van der Waals surface area (Å²) in [5, 5.41) is 3.01. The maximum absolute atomic E-state index is 12.1. The van der Waals surface area contributed by atoms with Gasteiger partial charge in [0.1, 0.15) is 0 Å². The van der Waals surface area contributed by atoms with E-state index in [2.05, 4.69) is 36.5 Å². The van der Waals surface area contributed by atoms with E-state index in [9.17, 15) is 4.79 Å². The zero-order valence-electron chi connectivity index (χ0n) is 12.2. The maximum atomic E-state index is 12.1. The number of carbonyl (C=O) groups excluding carboxylic acids is 1. The maximum Gasteiger partial charge on any atom is 0.233 e. The van der Waals surface area contributed by atoms with Gasteiger partial charge in [-0.15, -0.1) is 11.8 Å². The molecule has 1 aromatic carbocycles. The normalized spacial score (nSPS) is 17.7. The highest BCUT2D eigenvalue weighted by Crippen LogP contribution is 2.23. The molecule has 1 fully saturated rings. The van der Waals surface area contributed by atoms with Crippen molar-refractivity contribution in [3.8, 4) is 0 Å². The molecule has 1 heterocycles. The van der Waals surface area contributed by atoms with Crippen LogP contribution in [0.5, 0.6) is 0 Å². The van der Waals surface area contributed by atoms with Gasteiger partial charge in [0.2, 0.25) is 5.91 Å². The molecule has 0 saturated carbocycles. The fraction of sp³-hybridized carbons (Fsp3) is 0.562. The van der Waals surface area contributed by atoms with Gasteiger partial charge in [0.15, 0.2) is 0 Å². The first-order valence-electron chi connectivity index (χ1n) is 7.24. The molecule has 110 valence electrons.